The van der Waals surface area contributed by atoms with Crippen LogP contribution in [0, 0.1) is 0 Å². The lowest BCUT2D eigenvalue weighted by molar-refractivity contribution is -0.130. The summed E-state index contributed by atoms with van der Waals surface area (Å²) < 4.78 is 1.97. The van der Waals surface area contributed by atoms with Crippen LogP contribution in [0.1, 0.15) is 27.2 Å². The SMILES string of the molecule is C=C1CC(=O)N1[Si](C)(C)C(C)(C)C. The van der Waals surface area contributed by atoms with Gasteiger partial charge in [-0.15, -0.1) is 0 Å². The van der Waals surface area contributed by atoms with E-state index in [0.717, 1.165) is 5.70 Å². The minimum absolute atomic E-state index is 0.214. The van der Waals surface area contributed by atoms with Gasteiger partial charge in [0, 0.05) is 5.70 Å². The lowest BCUT2D eigenvalue weighted by Crippen LogP contribution is -2.61. The highest BCUT2D eigenvalue weighted by atomic mass is 28.3. The molecular formula is C10H19NOSi. The van der Waals surface area contributed by atoms with E-state index in [-0.39, 0.29) is 10.9 Å². The van der Waals surface area contributed by atoms with E-state index in [2.05, 4.69) is 40.4 Å². The number of carbonyl (C=O) groups is 1. The maximum absolute atomic E-state index is 11.4. The molecule has 1 aliphatic heterocycles. The molecule has 0 atom stereocenters. The van der Waals surface area contributed by atoms with Gasteiger partial charge in [-0.1, -0.05) is 40.4 Å². The molecule has 0 aliphatic carbocycles. The molecule has 0 bridgehead atoms. The lowest BCUT2D eigenvalue weighted by atomic mass is 10.2. The largest absolute Gasteiger partial charge is 0.343 e. The number of hydrogen-bond donors (Lipinski definition) is 0. The zero-order valence-corrected chi connectivity index (χ0v) is 10.3. The fourth-order valence-corrected chi connectivity index (χ4v) is 3.70. The first kappa shape index (κ1) is 10.5. The molecule has 0 radical (unpaired) electrons. The molecule has 1 fully saturated rings. The van der Waals surface area contributed by atoms with Crippen LogP contribution in [0.3, 0.4) is 0 Å². The van der Waals surface area contributed by atoms with Crippen molar-refractivity contribution < 1.29 is 4.79 Å². The zero-order valence-electron chi connectivity index (χ0n) is 9.27. The Morgan fingerprint density at radius 3 is 2.00 bits per heavy atom. The molecule has 0 N–H and O–H groups in total. The third kappa shape index (κ3) is 1.45. The molecule has 0 aromatic heterocycles. The van der Waals surface area contributed by atoms with Gasteiger partial charge in [0.15, 0.2) is 8.24 Å². The van der Waals surface area contributed by atoms with Gasteiger partial charge in [0.1, 0.15) is 0 Å². The first-order chi connectivity index (χ1) is 5.68. The van der Waals surface area contributed by atoms with Crippen molar-refractivity contribution in [1.82, 2.24) is 4.57 Å². The summed E-state index contributed by atoms with van der Waals surface area (Å²) in [6.45, 7) is 15.0. The predicted octanol–water partition coefficient (Wildman–Crippen LogP) is 2.74. The number of carbonyl (C=O) groups excluding carboxylic acids is 1. The van der Waals surface area contributed by atoms with Gasteiger partial charge in [-0.2, -0.15) is 0 Å². The van der Waals surface area contributed by atoms with E-state index in [1.54, 1.807) is 0 Å². The van der Waals surface area contributed by atoms with Gasteiger partial charge in [0.2, 0.25) is 5.91 Å². The predicted molar refractivity (Wildman–Crippen MR) is 57.8 cm³/mol. The first-order valence-electron chi connectivity index (χ1n) is 4.69. The minimum atomic E-state index is -1.66. The molecule has 1 saturated heterocycles. The summed E-state index contributed by atoms with van der Waals surface area (Å²) in [5, 5.41) is 0.214. The Balaban J connectivity index is 2.93. The van der Waals surface area contributed by atoms with E-state index >= 15 is 0 Å². The van der Waals surface area contributed by atoms with Gasteiger partial charge in [-0.25, -0.2) is 0 Å². The van der Waals surface area contributed by atoms with Crippen LogP contribution in [-0.2, 0) is 4.79 Å². The van der Waals surface area contributed by atoms with Gasteiger partial charge in [-0.05, 0) is 5.04 Å². The smallest absolute Gasteiger partial charge is 0.224 e. The summed E-state index contributed by atoms with van der Waals surface area (Å²) in [4.78, 5) is 11.4. The normalized spacial score (nSPS) is 19.0. The second-order valence-electron chi connectivity index (χ2n) is 5.28. The minimum Gasteiger partial charge on any atom is -0.343 e. The van der Waals surface area contributed by atoms with Gasteiger partial charge >= 0.3 is 0 Å². The summed E-state index contributed by atoms with van der Waals surface area (Å²) in [6, 6.07) is 0. The van der Waals surface area contributed by atoms with Crippen LogP contribution < -0.4 is 0 Å². The van der Waals surface area contributed by atoms with E-state index in [1.807, 2.05) is 4.57 Å². The van der Waals surface area contributed by atoms with Crippen LogP contribution in [-0.4, -0.2) is 18.7 Å². The van der Waals surface area contributed by atoms with Crippen molar-refractivity contribution >= 4 is 14.1 Å². The van der Waals surface area contributed by atoms with Crippen molar-refractivity contribution in [3.05, 3.63) is 12.3 Å². The highest BCUT2D eigenvalue weighted by Gasteiger charge is 2.48. The van der Waals surface area contributed by atoms with Gasteiger partial charge in [-0.3, -0.25) is 4.79 Å². The lowest BCUT2D eigenvalue weighted by Gasteiger charge is -2.51. The Kier molecular flexibility index (Phi) is 2.19. The molecule has 0 saturated carbocycles. The third-order valence-corrected chi connectivity index (χ3v) is 8.67. The summed E-state index contributed by atoms with van der Waals surface area (Å²) in [5.74, 6) is 0.261. The highest BCUT2D eigenvalue weighted by molar-refractivity contribution is 6.80. The second kappa shape index (κ2) is 2.71. The molecule has 74 valence electrons. The monoisotopic (exact) mass is 197 g/mol. The summed E-state index contributed by atoms with van der Waals surface area (Å²) >= 11 is 0. The van der Waals surface area contributed by atoms with Crippen LogP contribution >= 0.6 is 0 Å². The molecule has 0 aromatic carbocycles. The standard InChI is InChI=1S/C10H19NOSi/c1-8-7-9(12)11(8)13(5,6)10(2,3)4/h1,7H2,2-6H3. The molecular weight excluding hydrogens is 178 g/mol. The van der Waals surface area contributed by atoms with E-state index in [9.17, 15) is 4.79 Å². The zero-order chi connectivity index (χ0) is 10.4. The molecule has 0 unspecified atom stereocenters. The number of rotatable bonds is 1. The van der Waals surface area contributed by atoms with Crippen LogP contribution in [0.5, 0.6) is 0 Å². The molecule has 1 aliphatic rings. The van der Waals surface area contributed by atoms with Crippen molar-refractivity contribution in [2.24, 2.45) is 0 Å². The Morgan fingerprint density at radius 2 is 1.85 bits per heavy atom. The average Bonchev–Trinajstić information content (AvgIpc) is 1.82. The maximum atomic E-state index is 11.4. The third-order valence-electron chi connectivity index (χ3n) is 3.32. The molecule has 1 heterocycles. The average molecular weight is 197 g/mol. The van der Waals surface area contributed by atoms with Crippen molar-refractivity contribution in [3.8, 4) is 0 Å². The van der Waals surface area contributed by atoms with Gasteiger partial charge < -0.3 is 4.57 Å². The van der Waals surface area contributed by atoms with Crippen molar-refractivity contribution in [2.45, 2.75) is 45.3 Å². The van der Waals surface area contributed by atoms with E-state index in [1.165, 1.54) is 0 Å². The molecule has 2 nitrogen and oxygen atoms in total. The summed E-state index contributed by atoms with van der Waals surface area (Å²) in [5.41, 5.74) is 1.01. The Bertz CT molecular complexity index is 249. The second-order valence-corrected chi connectivity index (χ2v) is 10.3. The van der Waals surface area contributed by atoms with E-state index < -0.39 is 8.24 Å². The molecule has 3 heteroatoms. The van der Waals surface area contributed by atoms with Gasteiger partial charge in [0.25, 0.3) is 0 Å². The molecule has 1 rings (SSSR count). The Labute approximate surface area is 81.7 Å². The van der Waals surface area contributed by atoms with Crippen LogP contribution in [0.2, 0.25) is 18.1 Å². The van der Waals surface area contributed by atoms with E-state index in [0.29, 0.717) is 6.42 Å². The molecule has 1 amide bonds. The van der Waals surface area contributed by atoms with Crippen LogP contribution in [0.4, 0.5) is 0 Å². The van der Waals surface area contributed by atoms with E-state index in [4.69, 9.17) is 0 Å². The highest BCUT2D eigenvalue weighted by Crippen LogP contribution is 2.43. The number of β-lactam (4-membered cyclic amide) rings is 1. The first-order valence-corrected chi connectivity index (χ1v) is 7.63. The van der Waals surface area contributed by atoms with Gasteiger partial charge in [0.05, 0.1) is 6.42 Å². The number of hydrogen-bond acceptors (Lipinski definition) is 1. The molecule has 0 spiro atoms. The number of amides is 1. The Hall–Kier alpha value is -0.573. The fraction of sp³-hybridized carbons (Fsp3) is 0.700. The summed E-state index contributed by atoms with van der Waals surface area (Å²) in [7, 11) is -1.66. The van der Waals surface area contributed by atoms with Crippen LogP contribution in [0.25, 0.3) is 0 Å². The number of nitrogens with zero attached hydrogens (tertiary/aromatic N) is 1. The van der Waals surface area contributed by atoms with Crippen molar-refractivity contribution in [2.75, 3.05) is 0 Å². The topological polar surface area (TPSA) is 20.3 Å². The van der Waals surface area contributed by atoms with Crippen LogP contribution in [0.15, 0.2) is 12.3 Å². The maximum Gasteiger partial charge on any atom is 0.224 e. The van der Waals surface area contributed by atoms with Crippen molar-refractivity contribution in [3.63, 3.8) is 0 Å². The quantitative estimate of drug-likeness (QED) is 0.467. The fourth-order valence-electron chi connectivity index (χ4n) is 1.46. The van der Waals surface area contributed by atoms with Crippen molar-refractivity contribution in [1.29, 1.82) is 0 Å². The Morgan fingerprint density at radius 1 is 1.38 bits per heavy atom. The molecule has 13 heavy (non-hydrogen) atoms. The molecule has 0 aromatic rings. The summed E-state index contributed by atoms with van der Waals surface area (Å²) in [6.07, 6.45) is 0.562.